The highest BCUT2D eigenvalue weighted by molar-refractivity contribution is 5.68. The van der Waals surface area contributed by atoms with Gasteiger partial charge < -0.3 is 5.32 Å². The van der Waals surface area contributed by atoms with Gasteiger partial charge in [0.05, 0.1) is 5.56 Å². The van der Waals surface area contributed by atoms with Crippen LogP contribution in [0.1, 0.15) is 5.56 Å². The van der Waals surface area contributed by atoms with Crippen LogP contribution in [-0.4, -0.2) is 12.0 Å². The average molecular weight is 252 g/mol. The summed E-state index contributed by atoms with van der Waals surface area (Å²) in [5, 5.41) is 2.82. The number of aromatic nitrogens is 1. The number of nitrogens with one attached hydrogen (secondary N) is 1. The van der Waals surface area contributed by atoms with Crippen LogP contribution in [0.25, 0.3) is 11.1 Å². The van der Waals surface area contributed by atoms with Crippen molar-refractivity contribution in [2.24, 2.45) is 0 Å². The summed E-state index contributed by atoms with van der Waals surface area (Å²) < 4.78 is 38.5. The van der Waals surface area contributed by atoms with E-state index in [-0.39, 0.29) is 5.56 Å². The molecule has 0 spiro atoms. The Kier molecular flexibility index (Phi) is 3.23. The minimum Gasteiger partial charge on any atom is -0.373 e. The summed E-state index contributed by atoms with van der Waals surface area (Å²) >= 11 is 0. The summed E-state index contributed by atoms with van der Waals surface area (Å²) in [7, 11) is 1.70. The van der Waals surface area contributed by atoms with Gasteiger partial charge >= 0.3 is 6.18 Å². The van der Waals surface area contributed by atoms with Gasteiger partial charge in [0, 0.05) is 18.8 Å². The lowest BCUT2D eigenvalue weighted by Crippen LogP contribution is -2.07. The van der Waals surface area contributed by atoms with Crippen LogP contribution in [0.4, 0.5) is 19.0 Å². The minimum atomic E-state index is -4.36. The second-order valence-corrected chi connectivity index (χ2v) is 3.73. The summed E-state index contributed by atoms with van der Waals surface area (Å²) in [6.07, 6.45) is -2.94. The van der Waals surface area contributed by atoms with Gasteiger partial charge in [0.2, 0.25) is 0 Å². The molecule has 1 N–H and O–H groups in total. The molecule has 0 radical (unpaired) electrons. The minimum absolute atomic E-state index is 0.139. The van der Waals surface area contributed by atoms with Gasteiger partial charge in [0.15, 0.2) is 0 Å². The van der Waals surface area contributed by atoms with Gasteiger partial charge in [-0.25, -0.2) is 4.98 Å². The SMILES string of the molecule is CNc1ccc(-c2ccccc2C(F)(F)F)cn1. The number of hydrogen-bond donors (Lipinski definition) is 1. The van der Waals surface area contributed by atoms with Crippen molar-refractivity contribution in [1.29, 1.82) is 0 Å². The van der Waals surface area contributed by atoms with Gasteiger partial charge in [0.1, 0.15) is 5.82 Å². The van der Waals surface area contributed by atoms with E-state index in [4.69, 9.17) is 0 Å². The molecule has 0 aliphatic rings. The van der Waals surface area contributed by atoms with Gasteiger partial charge in [-0.2, -0.15) is 13.2 Å². The van der Waals surface area contributed by atoms with Gasteiger partial charge in [-0.3, -0.25) is 0 Å². The van der Waals surface area contributed by atoms with Crippen LogP contribution in [0.2, 0.25) is 0 Å². The van der Waals surface area contributed by atoms with E-state index in [1.807, 2.05) is 0 Å². The number of nitrogens with zero attached hydrogens (tertiary/aromatic N) is 1. The molecule has 0 saturated carbocycles. The molecule has 2 rings (SSSR count). The summed E-state index contributed by atoms with van der Waals surface area (Å²) in [6.45, 7) is 0. The molecule has 0 unspecified atom stereocenters. The van der Waals surface area contributed by atoms with Gasteiger partial charge in [-0.05, 0) is 23.8 Å². The number of alkyl halides is 3. The Morgan fingerprint density at radius 1 is 1.06 bits per heavy atom. The lowest BCUT2D eigenvalue weighted by Gasteiger charge is -2.12. The first kappa shape index (κ1) is 12.4. The quantitative estimate of drug-likeness (QED) is 0.879. The van der Waals surface area contributed by atoms with E-state index in [1.165, 1.54) is 18.3 Å². The van der Waals surface area contributed by atoms with Crippen molar-refractivity contribution in [3.8, 4) is 11.1 Å². The molecule has 18 heavy (non-hydrogen) atoms. The summed E-state index contributed by atoms with van der Waals surface area (Å²) in [5.74, 6) is 0.614. The predicted molar refractivity (Wildman–Crippen MR) is 64.2 cm³/mol. The molecule has 2 nitrogen and oxygen atoms in total. The molecule has 0 atom stereocenters. The molecule has 1 aromatic heterocycles. The Hall–Kier alpha value is -2.04. The number of anilines is 1. The molecule has 0 fully saturated rings. The van der Waals surface area contributed by atoms with Crippen molar-refractivity contribution < 1.29 is 13.2 Å². The molecule has 2 aromatic rings. The Balaban J connectivity index is 2.50. The fraction of sp³-hybridized carbons (Fsp3) is 0.154. The molecule has 0 saturated heterocycles. The van der Waals surface area contributed by atoms with Gasteiger partial charge in [-0.1, -0.05) is 18.2 Å². The standard InChI is InChI=1S/C13H11F3N2/c1-17-12-7-6-9(8-18-12)10-4-2-3-5-11(10)13(14,15)16/h2-8H,1H3,(H,17,18). The molecular formula is C13H11F3N2. The molecule has 1 aromatic carbocycles. The van der Waals surface area contributed by atoms with Crippen molar-refractivity contribution >= 4 is 5.82 Å². The maximum atomic E-state index is 12.8. The third kappa shape index (κ3) is 2.45. The lowest BCUT2D eigenvalue weighted by atomic mass is 10.0. The highest BCUT2D eigenvalue weighted by Crippen LogP contribution is 2.36. The fourth-order valence-electron chi connectivity index (χ4n) is 1.68. The van der Waals surface area contributed by atoms with Crippen LogP contribution in [0, 0.1) is 0 Å². The van der Waals surface area contributed by atoms with Crippen molar-refractivity contribution in [1.82, 2.24) is 4.98 Å². The number of benzene rings is 1. The largest absolute Gasteiger partial charge is 0.417 e. The third-order valence-electron chi connectivity index (χ3n) is 2.56. The third-order valence-corrected chi connectivity index (χ3v) is 2.56. The van der Waals surface area contributed by atoms with E-state index >= 15 is 0 Å². The van der Waals surface area contributed by atoms with Crippen LogP contribution in [0.3, 0.4) is 0 Å². The van der Waals surface area contributed by atoms with Crippen LogP contribution in [-0.2, 0) is 6.18 Å². The van der Waals surface area contributed by atoms with Gasteiger partial charge in [0.25, 0.3) is 0 Å². The van der Waals surface area contributed by atoms with E-state index in [0.29, 0.717) is 11.4 Å². The molecular weight excluding hydrogens is 241 g/mol. The zero-order chi connectivity index (χ0) is 13.2. The number of pyridine rings is 1. The first-order valence-electron chi connectivity index (χ1n) is 5.33. The Morgan fingerprint density at radius 3 is 2.33 bits per heavy atom. The normalized spacial score (nSPS) is 11.3. The Morgan fingerprint density at radius 2 is 1.78 bits per heavy atom. The molecule has 1 heterocycles. The first-order valence-corrected chi connectivity index (χ1v) is 5.33. The average Bonchev–Trinajstić information content (AvgIpc) is 2.38. The highest BCUT2D eigenvalue weighted by atomic mass is 19.4. The van der Waals surface area contributed by atoms with Crippen LogP contribution in [0.5, 0.6) is 0 Å². The maximum Gasteiger partial charge on any atom is 0.417 e. The number of rotatable bonds is 2. The molecule has 0 bridgehead atoms. The topological polar surface area (TPSA) is 24.9 Å². The van der Waals surface area contributed by atoms with E-state index in [0.717, 1.165) is 6.07 Å². The van der Waals surface area contributed by atoms with E-state index in [9.17, 15) is 13.2 Å². The van der Waals surface area contributed by atoms with E-state index in [2.05, 4.69) is 10.3 Å². The molecule has 0 amide bonds. The molecule has 5 heteroatoms. The monoisotopic (exact) mass is 252 g/mol. The Bertz CT molecular complexity index is 533. The summed E-state index contributed by atoms with van der Waals surface area (Å²) in [5.41, 5.74) is -0.0638. The van der Waals surface area contributed by atoms with E-state index < -0.39 is 11.7 Å². The molecule has 94 valence electrons. The zero-order valence-corrected chi connectivity index (χ0v) is 9.62. The Labute approximate surface area is 102 Å². The summed E-state index contributed by atoms with van der Waals surface area (Å²) in [6, 6.07) is 8.73. The van der Waals surface area contributed by atoms with Crippen LogP contribution < -0.4 is 5.32 Å². The second kappa shape index (κ2) is 4.68. The molecule has 0 aliphatic carbocycles. The van der Waals surface area contributed by atoms with E-state index in [1.54, 1.807) is 25.2 Å². The van der Waals surface area contributed by atoms with Crippen molar-refractivity contribution in [2.75, 3.05) is 12.4 Å². The summed E-state index contributed by atoms with van der Waals surface area (Å²) in [4.78, 5) is 4.02. The van der Waals surface area contributed by atoms with Crippen LogP contribution in [0.15, 0.2) is 42.6 Å². The van der Waals surface area contributed by atoms with Crippen molar-refractivity contribution in [2.45, 2.75) is 6.18 Å². The zero-order valence-electron chi connectivity index (χ0n) is 9.62. The number of halogens is 3. The van der Waals surface area contributed by atoms with Crippen molar-refractivity contribution in [3.05, 3.63) is 48.2 Å². The van der Waals surface area contributed by atoms with Gasteiger partial charge in [-0.15, -0.1) is 0 Å². The smallest absolute Gasteiger partial charge is 0.373 e. The highest BCUT2D eigenvalue weighted by Gasteiger charge is 2.33. The molecule has 0 aliphatic heterocycles. The van der Waals surface area contributed by atoms with Crippen LogP contribution >= 0.6 is 0 Å². The lowest BCUT2D eigenvalue weighted by molar-refractivity contribution is -0.137. The first-order chi connectivity index (χ1) is 8.52. The van der Waals surface area contributed by atoms with Crippen molar-refractivity contribution in [3.63, 3.8) is 0 Å². The second-order valence-electron chi connectivity index (χ2n) is 3.73. The number of hydrogen-bond acceptors (Lipinski definition) is 2. The fourth-order valence-corrected chi connectivity index (χ4v) is 1.68. The predicted octanol–water partition coefficient (Wildman–Crippen LogP) is 3.81. The maximum absolute atomic E-state index is 12.8.